The van der Waals surface area contributed by atoms with Crippen LogP contribution in [0.1, 0.15) is 11.1 Å². The fraction of sp³-hybridized carbons (Fsp3) is 0.0833. The van der Waals surface area contributed by atoms with Crippen LogP contribution in [0.4, 0.5) is 0 Å². The first-order valence-electron chi connectivity index (χ1n) is 8.63. The molecule has 4 aromatic carbocycles. The molecule has 0 aliphatic heterocycles. The second kappa shape index (κ2) is 11.6. The molecule has 0 nitrogen and oxygen atoms in total. The predicted octanol–water partition coefficient (Wildman–Crippen LogP) is 6.32. The molecule has 0 N–H and O–H groups in total. The predicted molar refractivity (Wildman–Crippen MR) is 111 cm³/mol. The van der Waals surface area contributed by atoms with Gasteiger partial charge in [0.25, 0.3) is 0 Å². The number of hydrogen-bond donors (Lipinski definition) is 0. The fourth-order valence-corrected chi connectivity index (χ4v) is 5.12. The minimum Gasteiger partial charge on any atom is -0.748 e. The van der Waals surface area contributed by atoms with Crippen LogP contribution in [0.15, 0.2) is 115 Å². The van der Waals surface area contributed by atoms with E-state index in [9.17, 15) is 0 Å². The van der Waals surface area contributed by atoms with Crippen molar-refractivity contribution in [2.45, 2.75) is 12.3 Å². The molecule has 2 heteroatoms. The van der Waals surface area contributed by atoms with E-state index < -0.39 is 0 Å². The normalized spacial score (nSPS) is 9.88. The Kier molecular flexibility index (Phi) is 9.13. The summed E-state index contributed by atoms with van der Waals surface area (Å²) in [6, 6.07) is 40.5. The maximum absolute atomic E-state index is 2.28. The zero-order chi connectivity index (χ0) is 17.2. The van der Waals surface area contributed by atoms with Crippen LogP contribution in [0.25, 0.3) is 0 Å². The molecule has 4 aromatic rings. The van der Waals surface area contributed by atoms with Gasteiger partial charge in [-0.15, -0.1) is 13.2 Å². The standard InChI is InChI=1S/C19H18P.C5H5.Co/c1-3-9-17(10-4-1)15-20(19-13-7-8-14-19)16-18-11-5-2-6-12-18;1-2-4-5-3-1;/h1-14H,15-16H2;1-5H;/q-1;-5;. The summed E-state index contributed by atoms with van der Waals surface area (Å²) in [5.41, 5.74) is 2.88. The summed E-state index contributed by atoms with van der Waals surface area (Å²) < 4.78 is 0. The molecule has 0 amide bonds. The van der Waals surface area contributed by atoms with Gasteiger partial charge in [-0.2, -0.15) is 12.1 Å². The van der Waals surface area contributed by atoms with E-state index in [-0.39, 0.29) is 24.7 Å². The first-order valence-corrected chi connectivity index (χ1v) is 10.3. The Balaban J connectivity index is 0.000000351. The summed E-state index contributed by atoms with van der Waals surface area (Å²) in [4.78, 5) is 0. The van der Waals surface area contributed by atoms with Crippen molar-refractivity contribution in [2.24, 2.45) is 0 Å². The van der Waals surface area contributed by atoms with Gasteiger partial charge in [0, 0.05) is 16.8 Å². The van der Waals surface area contributed by atoms with Crippen molar-refractivity contribution in [3.05, 3.63) is 126 Å². The molecule has 139 valence electrons. The van der Waals surface area contributed by atoms with Gasteiger partial charge >= 0.3 is 0 Å². The molecule has 0 aliphatic rings. The Bertz CT molecular complexity index is 731. The van der Waals surface area contributed by atoms with Crippen molar-refractivity contribution in [1.82, 2.24) is 0 Å². The summed E-state index contributed by atoms with van der Waals surface area (Å²) in [6.07, 6.45) is 2.32. The number of rotatable bonds is 5. The van der Waals surface area contributed by atoms with Gasteiger partial charge < -0.3 is 30.3 Å². The molecular weight excluding hydrogens is 378 g/mol. The van der Waals surface area contributed by atoms with Gasteiger partial charge in [0.1, 0.15) is 0 Å². The molecule has 1 radical (unpaired) electrons. The third-order valence-electron chi connectivity index (χ3n) is 4.00. The Morgan fingerprint density at radius 1 is 0.577 bits per heavy atom. The molecule has 0 saturated carbocycles. The van der Waals surface area contributed by atoms with Gasteiger partial charge in [-0.05, 0) is 23.5 Å². The second-order valence-electron chi connectivity index (χ2n) is 5.93. The monoisotopic (exact) mass is 401 g/mol. The van der Waals surface area contributed by atoms with E-state index in [0.717, 1.165) is 12.3 Å². The molecule has 0 aromatic heterocycles. The summed E-state index contributed by atoms with van der Waals surface area (Å²) in [7, 11) is -0.171. The maximum atomic E-state index is 2.28. The minimum atomic E-state index is -0.171. The van der Waals surface area contributed by atoms with Crippen LogP contribution >= 0.6 is 7.92 Å². The van der Waals surface area contributed by atoms with Crippen molar-refractivity contribution >= 4 is 13.2 Å². The van der Waals surface area contributed by atoms with E-state index in [2.05, 4.69) is 84.9 Å². The van der Waals surface area contributed by atoms with E-state index in [0.29, 0.717) is 0 Å². The summed E-state index contributed by atoms with van der Waals surface area (Å²) >= 11 is 0. The molecule has 0 unspecified atom stereocenters. The SMILES string of the molecule is [Co].[cH-]1[cH-][cH-][cH-][cH-]1.c1ccc(CP(Cc2ccccc2)[c-]2cccc2)cc1. The van der Waals surface area contributed by atoms with Gasteiger partial charge in [-0.1, -0.05) is 60.7 Å². The number of benzene rings is 2. The van der Waals surface area contributed by atoms with Crippen molar-refractivity contribution in [3.8, 4) is 0 Å². The average molecular weight is 401 g/mol. The molecule has 0 heterocycles. The Morgan fingerprint density at radius 3 is 1.35 bits per heavy atom. The first-order chi connectivity index (χ1) is 12.4. The fourth-order valence-electron chi connectivity index (χ4n) is 2.74. The van der Waals surface area contributed by atoms with E-state index in [1.165, 1.54) is 16.4 Å². The van der Waals surface area contributed by atoms with Crippen LogP contribution in [-0.4, -0.2) is 0 Å². The maximum Gasteiger partial charge on any atom is 0 e. The van der Waals surface area contributed by atoms with Gasteiger partial charge in [-0.25, -0.2) is 12.1 Å². The molecule has 0 atom stereocenters. The first kappa shape index (κ1) is 20.4. The summed E-state index contributed by atoms with van der Waals surface area (Å²) in [6.45, 7) is 0. The third-order valence-corrected chi connectivity index (χ3v) is 6.52. The number of hydrogen-bond acceptors (Lipinski definition) is 0. The van der Waals surface area contributed by atoms with E-state index in [1.807, 2.05) is 30.3 Å². The Morgan fingerprint density at radius 2 is 0.962 bits per heavy atom. The molecule has 0 aliphatic carbocycles. The van der Waals surface area contributed by atoms with Crippen molar-refractivity contribution in [1.29, 1.82) is 0 Å². The summed E-state index contributed by atoms with van der Waals surface area (Å²) in [5, 5.41) is 1.51. The second-order valence-corrected chi connectivity index (χ2v) is 8.16. The molecule has 26 heavy (non-hydrogen) atoms. The van der Waals surface area contributed by atoms with Gasteiger partial charge in [0.05, 0.1) is 0 Å². The average Bonchev–Trinajstić information content (AvgIpc) is 3.39. The zero-order valence-corrected chi connectivity index (χ0v) is 16.6. The van der Waals surface area contributed by atoms with Gasteiger partial charge in [0.2, 0.25) is 0 Å². The van der Waals surface area contributed by atoms with Crippen LogP contribution in [0.3, 0.4) is 0 Å². The molecular formula is C24H23CoP-6. The van der Waals surface area contributed by atoms with Crippen LogP contribution in [-0.2, 0) is 29.1 Å². The van der Waals surface area contributed by atoms with E-state index in [1.54, 1.807) is 0 Å². The molecule has 0 bridgehead atoms. The van der Waals surface area contributed by atoms with E-state index in [4.69, 9.17) is 0 Å². The smallest absolute Gasteiger partial charge is 0 e. The van der Waals surface area contributed by atoms with Gasteiger partial charge in [0.15, 0.2) is 0 Å². The Labute approximate surface area is 168 Å². The zero-order valence-electron chi connectivity index (χ0n) is 14.7. The topological polar surface area (TPSA) is 0 Å². The third kappa shape index (κ3) is 6.76. The van der Waals surface area contributed by atoms with Crippen molar-refractivity contribution in [2.75, 3.05) is 0 Å². The van der Waals surface area contributed by atoms with Crippen molar-refractivity contribution < 1.29 is 16.8 Å². The van der Waals surface area contributed by atoms with Crippen LogP contribution < -0.4 is 5.30 Å². The molecule has 0 fully saturated rings. The summed E-state index contributed by atoms with van der Waals surface area (Å²) in [5.74, 6) is 0. The van der Waals surface area contributed by atoms with E-state index >= 15 is 0 Å². The minimum absolute atomic E-state index is 0. The van der Waals surface area contributed by atoms with Crippen molar-refractivity contribution in [3.63, 3.8) is 0 Å². The van der Waals surface area contributed by atoms with Gasteiger partial charge in [-0.3, -0.25) is 0 Å². The Hall–Kier alpha value is -1.92. The molecule has 0 spiro atoms. The quantitative estimate of drug-likeness (QED) is 0.271. The van der Waals surface area contributed by atoms with Crippen LogP contribution in [0, 0.1) is 0 Å². The molecule has 0 saturated heterocycles. The van der Waals surface area contributed by atoms with Crippen LogP contribution in [0.2, 0.25) is 0 Å². The largest absolute Gasteiger partial charge is 0.748 e. The van der Waals surface area contributed by atoms with Crippen LogP contribution in [0.5, 0.6) is 0 Å². The molecule has 4 rings (SSSR count).